The second-order valence-electron chi connectivity index (χ2n) is 3.03. The van der Waals surface area contributed by atoms with Crippen LogP contribution in [0.5, 0.6) is 0 Å². The fraction of sp³-hybridized carbons (Fsp3) is 1.00. The van der Waals surface area contributed by atoms with Crippen LogP contribution < -0.4 is 0 Å². The van der Waals surface area contributed by atoms with Crippen molar-refractivity contribution in [3.63, 3.8) is 0 Å². The summed E-state index contributed by atoms with van der Waals surface area (Å²) >= 11 is 0. The van der Waals surface area contributed by atoms with Gasteiger partial charge in [0.2, 0.25) is 0 Å². The van der Waals surface area contributed by atoms with Crippen molar-refractivity contribution < 1.29 is 13.9 Å². The molecule has 0 aliphatic rings. The third-order valence-corrected chi connectivity index (χ3v) is 1.84. The van der Waals surface area contributed by atoms with Gasteiger partial charge in [-0.3, -0.25) is 0 Å². The third-order valence-electron chi connectivity index (χ3n) is 1.84. The zero-order valence-corrected chi connectivity index (χ0v) is 7.44. The normalized spacial score (nSPS) is 13.2. The van der Waals surface area contributed by atoms with Gasteiger partial charge in [-0.2, -0.15) is 0 Å². The van der Waals surface area contributed by atoms with Gasteiger partial charge in [-0.15, -0.1) is 0 Å². The molecule has 74 valence electrons. The second kappa shape index (κ2) is 8.91. The van der Waals surface area contributed by atoms with E-state index in [1.54, 1.807) is 0 Å². The lowest BCUT2D eigenvalue weighted by Crippen LogP contribution is -2.01. The van der Waals surface area contributed by atoms with Crippen LogP contribution in [0.2, 0.25) is 0 Å². The minimum Gasteiger partial charge on any atom is -0.396 e. The Morgan fingerprint density at radius 1 is 1.00 bits per heavy atom. The Kier molecular flexibility index (Phi) is 8.78. The predicted octanol–water partition coefficient (Wildman–Crippen LogP) is 2.63. The summed E-state index contributed by atoms with van der Waals surface area (Å²) in [5.74, 6) is 0. The number of halogens is 2. The molecule has 0 aliphatic carbocycles. The molecule has 0 saturated heterocycles. The van der Waals surface area contributed by atoms with Crippen LogP contribution in [0.3, 0.4) is 0 Å². The molecule has 3 heteroatoms. The largest absolute Gasteiger partial charge is 0.396 e. The van der Waals surface area contributed by atoms with E-state index >= 15 is 0 Å². The highest BCUT2D eigenvalue weighted by atomic mass is 19.2. The van der Waals surface area contributed by atoms with Crippen LogP contribution >= 0.6 is 0 Å². The number of unbranched alkanes of at least 4 members (excludes halogenated alkanes) is 4. The molecule has 0 amide bonds. The predicted molar refractivity (Wildman–Crippen MR) is 45.7 cm³/mol. The highest BCUT2D eigenvalue weighted by molar-refractivity contribution is 4.54. The molecule has 0 aliphatic heterocycles. The summed E-state index contributed by atoms with van der Waals surface area (Å²) in [4.78, 5) is 0. The first-order valence-corrected chi connectivity index (χ1v) is 4.62. The SMILES string of the molecule is OCCCCCCCC(F)CF. The first kappa shape index (κ1) is 11.8. The van der Waals surface area contributed by atoms with Crippen LogP contribution in [0, 0.1) is 0 Å². The first-order chi connectivity index (χ1) is 5.81. The molecule has 1 atom stereocenters. The van der Waals surface area contributed by atoms with Crippen LogP contribution in [0.1, 0.15) is 38.5 Å². The molecule has 0 fully saturated rings. The van der Waals surface area contributed by atoms with Crippen LogP contribution in [-0.2, 0) is 0 Å². The van der Waals surface area contributed by atoms with Gasteiger partial charge < -0.3 is 5.11 Å². The monoisotopic (exact) mass is 180 g/mol. The Bertz CT molecular complexity index is 88.6. The summed E-state index contributed by atoms with van der Waals surface area (Å²) in [5.41, 5.74) is 0. The lowest BCUT2D eigenvalue weighted by Gasteiger charge is -2.02. The summed E-state index contributed by atoms with van der Waals surface area (Å²) < 4.78 is 23.9. The van der Waals surface area contributed by atoms with E-state index in [-0.39, 0.29) is 6.61 Å². The maximum absolute atomic E-state index is 12.3. The Hall–Kier alpha value is -0.180. The van der Waals surface area contributed by atoms with E-state index in [0.29, 0.717) is 6.42 Å². The number of aliphatic hydroxyl groups excluding tert-OH is 1. The minimum absolute atomic E-state index is 0.232. The van der Waals surface area contributed by atoms with Gasteiger partial charge in [-0.05, 0) is 12.8 Å². The van der Waals surface area contributed by atoms with E-state index in [4.69, 9.17) is 5.11 Å². The fourth-order valence-electron chi connectivity index (χ4n) is 1.09. The Morgan fingerprint density at radius 2 is 1.58 bits per heavy atom. The maximum Gasteiger partial charge on any atom is 0.128 e. The highest BCUT2D eigenvalue weighted by Gasteiger charge is 2.03. The van der Waals surface area contributed by atoms with Crippen molar-refractivity contribution in [2.45, 2.75) is 44.7 Å². The quantitative estimate of drug-likeness (QED) is 0.569. The van der Waals surface area contributed by atoms with Gasteiger partial charge in [0.15, 0.2) is 0 Å². The number of alkyl halides is 2. The standard InChI is InChI=1S/C9H18F2O/c10-8-9(11)6-4-2-1-3-5-7-12/h9,12H,1-8H2. The van der Waals surface area contributed by atoms with Gasteiger partial charge in [0, 0.05) is 6.61 Å². The zero-order valence-electron chi connectivity index (χ0n) is 7.44. The molecule has 0 saturated carbocycles. The molecule has 12 heavy (non-hydrogen) atoms. The van der Waals surface area contributed by atoms with E-state index in [2.05, 4.69) is 0 Å². The van der Waals surface area contributed by atoms with Gasteiger partial charge in [0.1, 0.15) is 12.8 Å². The van der Waals surface area contributed by atoms with Crippen molar-refractivity contribution >= 4 is 0 Å². The fourth-order valence-corrected chi connectivity index (χ4v) is 1.09. The van der Waals surface area contributed by atoms with E-state index in [1.165, 1.54) is 0 Å². The molecule has 1 N–H and O–H groups in total. The molecule has 0 aromatic heterocycles. The summed E-state index contributed by atoms with van der Waals surface area (Å²) in [6, 6.07) is 0. The average Bonchev–Trinajstić information content (AvgIpc) is 2.10. The molecular weight excluding hydrogens is 162 g/mol. The summed E-state index contributed by atoms with van der Waals surface area (Å²) in [6.07, 6.45) is 3.61. The average molecular weight is 180 g/mol. The van der Waals surface area contributed by atoms with Crippen LogP contribution in [0.4, 0.5) is 8.78 Å². The Labute approximate surface area is 72.8 Å². The molecule has 0 heterocycles. The van der Waals surface area contributed by atoms with E-state index < -0.39 is 12.8 Å². The van der Waals surface area contributed by atoms with Gasteiger partial charge in [-0.1, -0.05) is 25.7 Å². The third kappa shape index (κ3) is 7.92. The van der Waals surface area contributed by atoms with Crippen LogP contribution in [-0.4, -0.2) is 24.6 Å². The van der Waals surface area contributed by atoms with Gasteiger partial charge in [-0.25, -0.2) is 8.78 Å². The van der Waals surface area contributed by atoms with Crippen LogP contribution in [0.25, 0.3) is 0 Å². The number of hydrogen-bond donors (Lipinski definition) is 1. The smallest absolute Gasteiger partial charge is 0.128 e. The molecular formula is C9H18F2O. The molecule has 0 radical (unpaired) electrons. The summed E-state index contributed by atoms with van der Waals surface area (Å²) in [6.45, 7) is -0.618. The highest BCUT2D eigenvalue weighted by Crippen LogP contribution is 2.09. The lowest BCUT2D eigenvalue weighted by atomic mass is 10.1. The van der Waals surface area contributed by atoms with Gasteiger partial charge in [0.05, 0.1) is 0 Å². The van der Waals surface area contributed by atoms with Crippen molar-refractivity contribution in [2.75, 3.05) is 13.3 Å². The summed E-state index contributed by atoms with van der Waals surface area (Å²) in [7, 11) is 0. The van der Waals surface area contributed by atoms with Gasteiger partial charge in [0.25, 0.3) is 0 Å². The Morgan fingerprint density at radius 3 is 2.17 bits per heavy atom. The van der Waals surface area contributed by atoms with Crippen molar-refractivity contribution in [3.8, 4) is 0 Å². The zero-order chi connectivity index (χ0) is 9.23. The van der Waals surface area contributed by atoms with E-state index in [9.17, 15) is 8.78 Å². The minimum atomic E-state index is -1.26. The first-order valence-electron chi connectivity index (χ1n) is 4.62. The van der Waals surface area contributed by atoms with Crippen molar-refractivity contribution in [2.24, 2.45) is 0 Å². The van der Waals surface area contributed by atoms with Crippen molar-refractivity contribution in [1.82, 2.24) is 0 Å². The maximum atomic E-state index is 12.3. The van der Waals surface area contributed by atoms with Crippen molar-refractivity contribution in [1.29, 1.82) is 0 Å². The topological polar surface area (TPSA) is 20.2 Å². The molecule has 0 spiro atoms. The molecule has 0 aromatic carbocycles. The number of rotatable bonds is 8. The lowest BCUT2D eigenvalue weighted by molar-refractivity contribution is 0.240. The molecule has 1 nitrogen and oxygen atoms in total. The Balaban J connectivity index is 2.90. The molecule has 0 rings (SSSR count). The molecule has 0 aromatic rings. The van der Waals surface area contributed by atoms with E-state index in [1.807, 2.05) is 0 Å². The van der Waals surface area contributed by atoms with Crippen LogP contribution in [0.15, 0.2) is 0 Å². The second-order valence-corrected chi connectivity index (χ2v) is 3.03. The molecule has 0 bridgehead atoms. The van der Waals surface area contributed by atoms with E-state index in [0.717, 1.165) is 32.1 Å². The number of hydrogen-bond acceptors (Lipinski definition) is 1. The van der Waals surface area contributed by atoms with Crippen molar-refractivity contribution in [3.05, 3.63) is 0 Å². The molecule has 1 unspecified atom stereocenters. The number of aliphatic hydroxyl groups is 1. The van der Waals surface area contributed by atoms with Gasteiger partial charge >= 0.3 is 0 Å². The summed E-state index contributed by atoms with van der Waals surface area (Å²) in [5, 5.41) is 8.44.